The standard InChI is InChI=1S/C34H40N4O5/c1-24(40)43-32-18-27-11-5-6-12-31(27)33(32)36-34(42)28(16-25-8-3-2-4-9-25)17-30(41)22-38-15-14-37(21-29(38)23-39)20-26-10-7-13-35-19-26/h2-13,19,23,28-30,32-33,41H,14-18,20-22H2,1H3,(H,36,42)/t28-,29+,30+,32-,33+/m1/s1. The zero-order chi connectivity index (χ0) is 30.2. The lowest BCUT2D eigenvalue weighted by atomic mass is 9.91. The molecule has 226 valence electrons. The molecule has 0 spiro atoms. The number of piperazine rings is 1. The van der Waals surface area contributed by atoms with Gasteiger partial charge in [-0.05, 0) is 41.2 Å². The molecular formula is C34H40N4O5. The number of ether oxygens (including phenoxy) is 1. The molecule has 2 heterocycles. The first-order valence-corrected chi connectivity index (χ1v) is 15.0. The highest BCUT2D eigenvalue weighted by atomic mass is 16.5. The van der Waals surface area contributed by atoms with Crippen LogP contribution in [0.25, 0.3) is 0 Å². The van der Waals surface area contributed by atoms with E-state index in [1.54, 1.807) is 6.20 Å². The molecule has 1 amide bonds. The van der Waals surface area contributed by atoms with Crippen molar-refractivity contribution in [3.8, 4) is 0 Å². The van der Waals surface area contributed by atoms with Crippen LogP contribution in [0.15, 0.2) is 79.1 Å². The fourth-order valence-electron chi connectivity index (χ4n) is 6.33. The summed E-state index contributed by atoms with van der Waals surface area (Å²) in [5.41, 5.74) is 4.07. The third kappa shape index (κ3) is 8.13. The van der Waals surface area contributed by atoms with Crippen molar-refractivity contribution in [2.45, 2.75) is 57.0 Å². The molecule has 0 saturated carbocycles. The van der Waals surface area contributed by atoms with E-state index in [1.165, 1.54) is 6.92 Å². The van der Waals surface area contributed by atoms with Gasteiger partial charge < -0.3 is 20.0 Å². The van der Waals surface area contributed by atoms with Crippen LogP contribution in [0.5, 0.6) is 0 Å². The second-order valence-corrected chi connectivity index (χ2v) is 11.6. The molecule has 0 radical (unpaired) electrons. The Morgan fingerprint density at radius 2 is 1.84 bits per heavy atom. The molecule has 9 heteroatoms. The maximum atomic E-state index is 13.9. The number of pyridine rings is 1. The lowest BCUT2D eigenvalue weighted by Gasteiger charge is -2.40. The van der Waals surface area contributed by atoms with Gasteiger partial charge in [-0.25, -0.2) is 0 Å². The number of hydrogen-bond donors (Lipinski definition) is 2. The van der Waals surface area contributed by atoms with Crippen molar-refractivity contribution < 1.29 is 24.2 Å². The molecule has 2 aromatic carbocycles. The fraction of sp³-hybridized carbons (Fsp3) is 0.412. The highest BCUT2D eigenvalue weighted by Gasteiger charge is 2.37. The third-order valence-electron chi connectivity index (χ3n) is 8.40. The Morgan fingerprint density at radius 3 is 2.58 bits per heavy atom. The summed E-state index contributed by atoms with van der Waals surface area (Å²) in [5.74, 6) is -1.11. The van der Waals surface area contributed by atoms with Crippen molar-refractivity contribution in [3.63, 3.8) is 0 Å². The van der Waals surface area contributed by atoms with Gasteiger partial charge in [-0.3, -0.25) is 24.4 Å². The van der Waals surface area contributed by atoms with Gasteiger partial charge in [-0.1, -0.05) is 60.7 Å². The van der Waals surface area contributed by atoms with E-state index in [0.29, 0.717) is 39.0 Å². The number of amides is 1. The molecule has 1 fully saturated rings. The molecular weight excluding hydrogens is 544 g/mol. The smallest absolute Gasteiger partial charge is 0.302 e. The molecule has 1 aliphatic carbocycles. The Balaban J connectivity index is 1.25. The van der Waals surface area contributed by atoms with Crippen LogP contribution in [0.2, 0.25) is 0 Å². The van der Waals surface area contributed by atoms with E-state index in [9.17, 15) is 19.5 Å². The number of carbonyl (C=O) groups excluding carboxylic acids is 3. The fourth-order valence-corrected chi connectivity index (χ4v) is 6.33. The highest BCUT2D eigenvalue weighted by molar-refractivity contribution is 5.80. The van der Waals surface area contributed by atoms with Crippen molar-refractivity contribution in [3.05, 3.63) is 101 Å². The molecule has 5 rings (SSSR count). The average Bonchev–Trinajstić information content (AvgIpc) is 3.34. The van der Waals surface area contributed by atoms with Crippen LogP contribution in [-0.4, -0.2) is 82.5 Å². The van der Waals surface area contributed by atoms with Crippen LogP contribution < -0.4 is 5.32 Å². The van der Waals surface area contributed by atoms with Gasteiger partial charge in [0.25, 0.3) is 0 Å². The second-order valence-electron chi connectivity index (χ2n) is 11.6. The first-order chi connectivity index (χ1) is 20.9. The molecule has 3 aromatic rings. The molecule has 2 aliphatic rings. The molecule has 0 unspecified atom stereocenters. The van der Waals surface area contributed by atoms with E-state index < -0.39 is 30.1 Å². The predicted molar refractivity (Wildman–Crippen MR) is 162 cm³/mol. The minimum Gasteiger partial charge on any atom is -0.460 e. The number of benzene rings is 2. The van der Waals surface area contributed by atoms with Crippen LogP contribution in [-0.2, 0) is 38.5 Å². The highest BCUT2D eigenvalue weighted by Crippen LogP contribution is 2.34. The van der Waals surface area contributed by atoms with Crippen molar-refractivity contribution >= 4 is 18.2 Å². The van der Waals surface area contributed by atoms with Crippen LogP contribution in [0, 0.1) is 5.92 Å². The minimum absolute atomic E-state index is 0.199. The molecule has 5 atom stereocenters. The summed E-state index contributed by atoms with van der Waals surface area (Å²) < 4.78 is 5.61. The topological polar surface area (TPSA) is 112 Å². The Bertz CT molecular complexity index is 1370. The lowest BCUT2D eigenvalue weighted by Crippen LogP contribution is -2.55. The molecule has 9 nitrogen and oxygen atoms in total. The van der Waals surface area contributed by atoms with E-state index in [0.717, 1.165) is 35.1 Å². The van der Waals surface area contributed by atoms with Crippen LogP contribution in [0.1, 0.15) is 41.6 Å². The first-order valence-electron chi connectivity index (χ1n) is 15.0. The maximum Gasteiger partial charge on any atom is 0.302 e. The number of carbonyl (C=O) groups is 3. The van der Waals surface area contributed by atoms with Gasteiger partial charge in [0.05, 0.1) is 18.2 Å². The largest absolute Gasteiger partial charge is 0.460 e. The number of β-amino-alcohol motifs (C(OH)–C–C–N with tert-alkyl or cyclic N) is 1. The Labute approximate surface area is 252 Å². The van der Waals surface area contributed by atoms with Crippen molar-refractivity contribution in [2.24, 2.45) is 5.92 Å². The number of aliphatic hydroxyl groups excluding tert-OH is 1. The molecule has 2 N–H and O–H groups in total. The van der Waals surface area contributed by atoms with Gasteiger partial charge in [0.1, 0.15) is 12.4 Å². The van der Waals surface area contributed by atoms with Gasteiger partial charge in [0.2, 0.25) is 5.91 Å². The number of nitrogens with zero attached hydrogens (tertiary/aromatic N) is 3. The lowest BCUT2D eigenvalue weighted by molar-refractivity contribution is -0.148. The zero-order valence-corrected chi connectivity index (χ0v) is 24.5. The maximum absolute atomic E-state index is 13.9. The third-order valence-corrected chi connectivity index (χ3v) is 8.40. The number of hydrogen-bond acceptors (Lipinski definition) is 8. The molecule has 1 aliphatic heterocycles. The summed E-state index contributed by atoms with van der Waals surface area (Å²) in [5, 5.41) is 14.4. The molecule has 1 saturated heterocycles. The normalized spacial score (nSPS) is 21.9. The first kappa shape index (κ1) is 30.5. The summed E-state index contributed by atoms with van der Waals surface area (Å²) in [6.45, 7) is 4.36. The quantitative estimate of drug-likeness (QED) is 0.247. The van der Waals surface area contributed by atoms with E-state index in [2.05, 4.69) is 15.2 Å². The summed E-state index contributed by atoms with van der Waals surface area (Å²) >= 11 is 0. The van der Waals surface area contributed by atoms with Gasteiger partial charge in [-0.15, -0.1) is 0 Å². The summed E-state index contributed by atoms with van der Waals surface area (Å²) in [6.07, 6.45) is 4.44. The Hall–Kier alpha value is -3.92. The number of aliphatic hydroxyl groups is 1. The van der Waals surface area contributed by atoms with Crippen LogP contribution in [0.4, 0.5) is 0 Å². The van der Waals surface area contributed by atoms with Crippen LogP contribution in [0.3, 0.4) is 0 Å². The second kappa shape index (κ2) is 14.5. The zero-order valence-electron chi connectivity index (χ0n) is 24.5. The van der Waals surface area contributed by atoms with Crippen molar-refractivity contribution in [1.82, 2.24) is 20.1 Å². The van der Waals surface area contributed by atoms with Gasteiger partial charge >= 0.3 is 5.97 Å². The number of rotatable bonds is 12. The van der Waals surface area contributed by atoms with Crippen LogP contribution >= 0.6 is 0 Å². The van der Waals surface area contributed by atoms with E-state index in [1.807, 2.05) is 77.8 Å². The van der Waals surface area contributed by atoms with Gasteiger partial charge in [-0.2, -0.15) is 0 Å². The summed E-state index contributed by atoms with van der Waals surface area (Å²) in [6, 6.07) is 20.7. The molecule has 43 heavy (non-hydrogen) atoms. The number of aldehydes is 1. The van der Waals surface area contributed by atoms with Crippen molar-refractivity contribution in [1.29, 1.82) is 0 Å². The van der Waals surface area contributed by atoms with Gasteiger partial charge in [0, 0.05) is 64.4 Å². The molecule has 1 aromatic heterocycles. The SMILES string of the molecule is CC(=O)O[C@@H]1Cc2ccccc2[C@@H]1NC(=O)[C@H](Cc1ccccc1)C[C@H](O)CN1CCN(Cc2cccnc2)C[C@H]1C=O. The van der Waals surface area contributed by atoms with E-state index in [-0.39, 0.29) is 18.4 Å². The van der Waals surface area contributed by atoms with E-state index in [4.69, 9.17) is 4.74 Å². The minimum atomic E-state index is -0.813. The molecule has 0 bridgehead atoms. The summed E-state index contributed by atoms with van der Waals surface area (Å²) in [4.78, 5) is 46.2. The Kier molecular flexibility index (Phi) is 10.3. The predicted octanol–water partition coefficient (Wildman–Crippen LogP) is 2.72. The summed E-state index contributed by atoms with van der Waals surface area (Å²) in [7, 11) is 0. The number of nitrogens with one attached hydrogen (secondary N) is 1. The van der Waals surface area contributed by atoms with Gasteiger partial charge in [0.15, 0.2) is 0 Å². The average molecular weight is 585 g/mol. The van der Waals surface area contributed by atoms with Crippen molar-refractivity contribution in [2.75, 3.05) is 26.2 Å². The number of fused-ring (bicyclic) bond motifs is 1. The Morgan fingerprint density at radius 1 is 1.07 bits per heavy atom. The van der Waals surface area contributed by atoms with E-state index >= 15 is 0 Å². The number of esters is 1. The monoisotopic (exact) mass is 584 g/mol. The number of aromatic nitrogens is 1.